The molecule has 1 aromatic carbocycles. The SMILES string of the molecule is CC(C)(O)CNCC(O)COCc1ccccc1Cl. The van der Waals surface area contributed by atoms with Crippen LogP contribution in [0.1, 0.15) is 19.4 Å². The van der Waals surface area contributed by atoms with Gasteiger partial charge in [0.1, 0.15) is 0 Å². The van der Waals surface area contributed by atoms with Gasteiger partial charge in [-0.3, -0.25) is 0 Å². The summed E-state index contributed by atoms with van der Waals surface area (Å²) in [6, 6.07) is 7.45. The van der Waals surface area contributed by atoms with E-state index in [0.29, 0.717) is 24.7 Å². The van der Waals surface area contributed by atoms with E-state index in [0.717, 1.165) is 5.56 Å². The predicted molar refractivity (Wildman–Crippen MR) is 76.3 cm³/mol. The van der Waals surface area contributed by atoms with Gasteiger partial charge in [0.05, 0.1) is 24.9 Å². The number of nitrogens with one attached hydrogen (secondary N) is 1. The van der Waals surface area contributed by atoms with Gasteiger partial charge in [-0.25, -0.2) is 0 Å². The van der Waals surface area contributed by atoms with Crippen molar-refractivity contribution < 1.29 is 14.9 Å². The van der Waals surface area contributed by atoms with E-state index in [2.05, 4.69) is 5.32 Å². The molecule has 1 unspecified atom stereocenters. The highest BCUT2D eigenvalue weighted by Crippen LogP contribution is 2.15. The molecule has 4 nitrogen and oxygen atoms in total. The van der Waals surface area contributed by atoms with Crippen LogP contribution in [0.15, 0.2) is 24.3 Å². The maximum absolute atomic E-state index is 9.69. The van der Waals surface area contributed by atoms with Gasteiger partial charge in [-0.15, -0.1) is 0 Å². The highest BCUT2D eigenvalue weighted by Gasteiger charge is 2.12. The molecule has 19 heavy (non-hydrogen) atoms. The third kappa shape index (κ3) is 7.50. The van der Waals surface area contributed by atoms with Crippen LogP contribution in [0.3, 0.4) is 0 Å². The van der Waals surface area contributed by atoms with E-state index < -0.39 is 11.7 Å². The minimum atomic E-state index is -0.780. The van der Waals surface area contributed by atoms with Crippen molar-refractivity contribution in [1.29, 1.82) is 0 Å². The summed E-state index contributed by atoms with van der Waals surface area (Å²) in [5.41, 5.74) is 0.124. The predicted octanol–water partition coefficient (Wildman–Crippen LogP) is 1.58. The zero-order chi connectivity index (χ0) is 14.3. The summed E-state index contributed by atoms with van der Waals surface area (Å²) in [5, 5.41) is 22.8. The molecule has 0 aliphatic heterocycles. The summed E-state index contributed by atoms with van der Waals surface area (Å²) in [4.78, 5) is 0. The zero-order valence-corrected chi connectivity index (χ0v) is 12.2. The van der Waals surface area contributed by atoms with Gasteiger partial charge in [0.25, 0.3) is 0 Å². The van der Waals surface area contributed by atoms with Crippen LogP contribution in [0.25, 0.3) is 0 Å². The Bertz CT molecular complexity index is 379. The van der Waals surface area contributed by atoms with E-state index in [1.165, 1.54) is 0 Å². The Morgan fingerprint density at radius 1 is 1.37 bits per heavy atom. The Labute approximate surface area is 119 Å². The van der Waals surface area contributed by atoms with Gasteiger partial charge in [0, 0.05) is 18.1 Å². The molecule has 108 valence electrons. The monoisotopic (exact) mass is 287 g/mol. The van der Waals surface area contributed by atoms with Gasteiger partial charge in [0.15, 0.2) is 0 Å². The van der Waals surface area contributed by atoms with Crippen molar-refractivity contribution in [2.24, 2.45) is 0 Å². The number of aliphatic hydroxyl groups is 2. The number of hydrogen-bond acceptors (Lipinski definition) is 4. The normalized spacial score (nSPS) is 13.5. The van der Waals surface area contributed by atoms with Crippen molar-refractivity contribution in [3.05, 3.63) is 34.9 Å². The Hall–Kier alpha value is -0.650. The number of benzene rings is 1. The van der Waals surface area contributed by atoms with Gasteiger partial charge in [-0.2, -0.15) is 0 Å². The first-order valence-corrected chi connectivity index (χ1v) is 6.68. The van der Waals surface area contributed by atoms with E-state index in [-0.39, 0.29) is 6.61 Å². The van der Waals surface area contributed by atoms with Gasteiger partial charge in [-0.05, 0) is 25.5 Å². The topological polar surface area (TPSA) is 61.7 Å². The molecule has 0 amide bonds. The summed E-state index contributed by atoms with van der Waals surface area (Å²) in [6.45, 7) is 4.83. The molecule has 0 saturated carbocycles. The van der Waals surface area contributed by atoms with E-state index in [9.17, 15) is 10.2 Å². The minimum absolute atomic E-state index is 0.226. The van der Waals surface area contributed by atoms with Crippen molar-refractivity contribution in [2.45, 2.75) is 32.2 Å². The van der Waals surface area contributed by atoms with Gasteiger partial charge in [0.2, 0.25) is 0 Å². The number of ether oxygens (including phenoxy) is 1. The van der Waals surface area contributed by atoms with E-state index in [4.69, 9.17) is 16.3 Å². The quantitative estimate of drug-likeness (QED) is 0.679. The van der Waals surface area contributed by atoms with Crippen LogP contribution in [0.5, 0.6) is 0 Å². The van der Waals surface area contributed by atoms with Crippen molar-refractivity contribution in [3.8, 4) is 0 Å². The molecule has 0 radical (unpaired) electrons. The number of aliphatic hydroxyl groups excluding tert-OH is 1. The first-order chi connectivity index (χ1) is 8.88. The lowest BCUT2D eigenvalue weighted by Gasteiger charge is -2.19. The van der Waals surface area contributed by atoms with Crippen LogP contribution in [-0.2, 0) is 11.3 Å². The zero-order valence-electron chi connectivity index (χ0n) is 11.4. The number of halogens is 1. The highest BCUT2D eigenvalue weighted by atomic mass is 35.5. The van der Waals surface area contributed by atoms with Gasteiger partial charge < -0.3 is 20.3 Å². The molecule has 1 aromatic rings. The molecule has 0 aromatic heterocycles. The lowest BCUT2D eigenvalue weighted by Crippen LogP contribution is -2.39. The first-order valence-electron chi connectivity index (χ1n) is 6.31. The minimum Gasteiger partial charge on any atom is -0.389 e. The third-order valence-electron chi connectivity index (χ3n) is 2.46. The largest absolute Gasteiger partial charge is 0.389 e. The van der Waals surface area contributed by atoms with Crippen molar-refractivity contribution in [3.63, 3.8) is 0 Å². The maximum atomic E-state index is 9.69. The van der Waals surface area contributed by atoms with Crippen LogP contribution in [-0.4, -0.2) is 41.6 Å². The van der Waals surface area contributed by atoms with Crippen LogP contribution >= 0.6 is 11.6 Å². The van der Waals surface area contributed by atoms with Crippen molar-refractivity contribution >= 4 is 11.6 Å². The molecule has 0 heterocycles. The van der Waals surface area contributed by atoms with E-state index in [1.807, 2.05) is 24.3 Å². The smallest absolute Gasteiger partial charge is 0.0897 e. The summed E-state index contributed by atoms with van der Waals surface area (Å²) in [7, 11) is 0. The van der Waals surface area contributed by atoms with E-state index >= 15 is 0 Å². The average molecular weight is 288 g/mol. The standard InChI is InChI=1S/C14H22ClNO3/c1-14(2,18)10-16-7-12(17)9-19-8-11-5-3-4-6-13(11)15/h3-6,12,16-18H,7-10H2,1-2H3. The Morgan fingerprint density at radius 2 is 2.05 bits per heavy atom. The molecule has 0 aliphatic carbocycles. The van der Waals surface area contributed by atoms with Gasteiger partial charge >= 0.3 is 0 Å². The lowest BCUT2D eigenvalue weighted by molar-refractivity contribution is 0.0234. The van der Waals surface area contributed by atoms with Crippen LogP contribution in [0.2, 0.25) is 5.02 Å². The fourth-order valence-electron chi connectivity index (χ4n) is 1.52. The second-order valence-corrected chi connectivity index (χ2v) is 5.61. The number of hydrogen-bond donors (Lipinski definition) is 3. The molecule has 0 spiro atoms. The van der Waals surface area contributed by atoms with Crippen LogP contribution in [0.4, 0.5) is 0 Å². The third-order valence-corrected chi connectivity index (χ3v) is 2.83. The maximum Gasteiger partial charge on any atom is 0.0897 e. The Morgan fingerprint density at radius 3 is 2.68 bits per heavy atom. The second-order valence-electron chi connectivity index (χ2n) is 5.20. The highest BCUT2D eigenvalue weighted by molar-refractivity contribution is 6.31. The summed E-state index contributed by atoms with van der Waals surface area (Å²) < 4.78 is 5.41. The molecule has 3 N–H and O–H groups in total. The fraction of sp³-hybridized carbons (Fsp3) is 0.571. The molecule has 0 bridgehead atoms. The van der Waals surface area contributed by atoms with Gasteiger partial charge in [-0.1, -0.05) is 29.8 Å². The molecule has 0 aliphatic rings. The average Bonchev–Trinajstić information content (AvgIpc) is 2.30. The molecule has 0 saturated heterocycles. The molecular formula is C14H22ClNO3. The molecule has 0 fully saturated rings. The Balaban J connectivity index is 2.17. The van der Waals surface area contributed by atoms with Crippen LogP contribution < -0.4 is 5.32 Å². The summed E-state index contributed by atoms with van der Waals surface area (Å²) in [6.07, 6.45) is -0.607. The fourth-order valence-corrected chi connectivity index (χ4v) is 1.71. The van der Waals surface area contributed by atoms with E-state index in [1.54, 1.807) is 13.8 Å². The molecule has 1 rings (SSSR count). The van der Waals surface area contributed by atoms with Crippen molar-refractivity contribution in [2.75, 3.05) is 19.7 Å². The number of rotatable bonds is 8. The molecule has 1 atom stereocenters. The lowest BCUT2D eigenvalue weighted by atomic mass is 10.1. The Kier molecular flexibility index (Phi) is 6.75. The summed E-state index contributed by atoms with van der Waals surface area (Å²) in [5.74, 6) is 0. The van der Waals surface area contributed by atoms with Crippen molar-refractivity contribution in [1.82, 2.24) is 5.32 Å². The first kappa shape index (κ1) is 16.4. The second kappa shape index (κ2) is 7.82. The molecular weight excluding hydrogens is 266 g/mol. The molecule has 5 heteroatoms. The summed E-state index contributed by atoms with van der Waals surface area (Å²) >= 11 is 5.99. The van der Waals surface area contributed by atoms with Crippen LogP contribution in [0, 0.1) is 0 Å².